The first kappa shape index (κ1) is 10.5. The molecule has 0 aliphatic carbocycles. The monoisotopic (exact) mass is 229 g/mol. The highest BCUT2D eigenvalue weighted by Gasteiger charge is 1.98. The van der Waals surface area contributed by atoms with Crippen LogP contribution in [0, 0.1) is 11.3 Å². The van der Waals surface area contributed by atoms with E-state index in [0.717, 1.165) is 5.69 Å². The van der Waals surface area contributed by atoms with E-state index in [2.05, 4.69) is 16.4 Å². The van der Waals surface area contributed by atoms with Crippen LogP contribution in [0.5, 0.6) is 0 Å². The molecule has 3 nitrogen and oxygen atoms in total. The average molecular weight is 230 g/mol. The first-order valence-corrected chi connectivity index (χ1v) is 5.04. The minimum absolute atomic E-state index is 0.569. The predicted molar refractivity (Wildman–Crippen MR) is 63.7 cm³/mol. The topological polar surface area (TPSA) is 48.7 Å². The Morgan fingerprint density at radius 1 is 1.25 bits per heavy atom. The zero-order chi connectivity index (χ0) is 11.4. The average Bonchev–Trinajstić information content (AvgIpc) is 2.29. The lowest BCUT2D eigenvalue weighted by atomic mass is 10.2. The molecular weight excluding hydrogens is 222 g/mol. The molecule has 1 aromatic heterocycles. The molecule has 1 N–H and O–H groups in total. The first-order chi connectivity index (χ1) is 7.78. The van der Waals surface area contributed by atoms with Gasteiger partial charge < -0.3 is 5.32 Å². The highest BCUT2D eigenvalue weighted by atomic mass is 35.5. The maximum absolute atomic E-state index is 8.75. The van der Waals surface area contributed by atoms with Crippen LogP contribution in [0.25, 0.3) is 0 Å². The normalized spacial score (nSPS) is 9.50. The van der Waals surface area contributed by atoms with Crippen molar-refractivity contribution in [3.05, 3.63) is 53.2 Å². The van der Waals surface area contributed by atoms with E-state index >= 15 is 0 Å². The molecular formula is C12H8ClN3. The van der Waals surface area contributed by atoms with Crippen molar-refractivity contribution in [2.24, 2.45) is 0 Å². The molecule has 0 bridgehead atoms. The van der Waals surface area contributed by atoms with Gasteiger partial charge in [0.2, 0.25) is 0 Å². The van der Waals surface area contributed by atoms with Crippen LogP contribution in [0.15, 0.2) is 42.6 Å². The van der Waals surface area contributed by atoms with Gasteiger partial charge in [-0.3, -0.25) is 0 Å². The lowest BCUT2D eigenvalue weighted by Gasteiger charge is -2.05. The highest BCUT2D eigenvalue weighted by molar-refractivity contribution is 6.30. The second kappa shape index (κ2) is 4.65. The number of anilines is 2. The number of nitrogens with zero attached hydrogens (tertiary/aromatic N) is 2. The molecule has 0 unspecified atom stereocenters. The van der Waals surface area contributed by atoms with Crippen molar-refractivity contribution in [3.63, 3.8) is 0 Å². The summed E-state index contributed by atoms with van der Waals surface area (Å²) in [6.07, 6.45) is 1.59. The van der Waals surface area contributed by atoms with Crippen LogP contribution in [-0.4, -0.2) is 4.98 Å². The number of nitrogens with one attached hydrogen (secondary N) is 1. The van der Waals surface area contributed by atoms with Gasteiger partial charge in [0.05, 0.1) is 11.6 Å². The van der Waals surface area contributed by atoms with Gasteiger partial charge in [-0.2, -0.15) is 5.26 Å². The number of hydrogen-bond acceptors (Lipinski definition) is 3. The van der Waals surface area contributed by atoms with Crippen molar-refractivity contribution in [2.45, 2.75) is 0 Å². The number of hydrogen-bond donors (Lipinski definition) is 1. The van der Waals surface area contributed by atoms with E-state index in [9.17, 15) is 0 Å². The molecule has 0 saturated heterocycles. The summed E-state index contributed by atoms with van der Waals surface area (Å²) in [4.78, 5) is 4.11. The van der Waals surface area contributed by atoms with Crippen LogP contribution < -0.4 is 5.32 Å². The van der Waals surface area contributed by atoms with E-state index < -0.39 is 0 Å². The lowest BCUT2D eigenvalue weighted by Crippen LogP contribution is -1.93. The first-order valence-electron chi connectivity index (χ1n) is 4.67. The maximum Gasteiger partial charge on any atom is 0.131 e. The van der Waals surface area contributed by atoms with Crippen LogP contribution >= 0.6 is 11.6 Å². The van der Waals surface area contributed by atoms with Gasteiger partial charge in [0.15, 0.2) is 0 Å². The van der Waals surface area contributed by atoms with Gasteiger partial charge in [-0.25, -0.2) is 4.98 Å². The Hall–Kier alpha value is -2.05. The molecule has 0 saturated carbocycles. The third kappa shape index (κ3) is 2.50. The Labute approximate surface area is 98.3 Å². The fourth-order valence-electron chi connectivity index (χ4n) is 1.28. The fourth-order valence-corrected chi connectivity index (χ4v) is 1.47. The zero-order valence-corrected chi connectivity index (χ0v) is 9.07. The zero-order valence-electron chi connectivity index (χ0n) is 8.31. The second-order valence-corrected chi connectivity index (χ2v) is 3.61. The Kier molecular flexibility index (Phi) is 3.04. The third-order valence-electron chi connectivity index (χ3n) is 1.99. The van der Waals surface area contributed by atoms with Crippen molar-refractivity contribution in [2.75, 3.05) is 5.32 Å². The minimum atomic E-state index is 0.569. The molecule has 78 valence electrons. The highest BCUT2D eigenvalue weighted by Crippen LogP contribution is 2.18. The molecule has 16 heavy (non-hydrogen) atoms. The van der Waals surface area contributed by atoms with E-state index in [0.29, 0.717) is 16.4 Å². The Bertz CT molecular complexity index is 546. The van der Waals surface area contributed by atoms with Crippen molar-refractivity contribution >= 4 is 23.1 Å². The van der Waals surface area contributed by atoms with Crippen LogP contribution in [-0.2, 0) is 0 Å². The molecule has 0 amide bonds. The van der Waals surface area contributed by atoms with E-state index in [1.807, 2.05) is 12.1 Å². The van der Waals surface area contributed by atoms with Crippen molar-refractivity contribution in [1.82, 2.24) is 4.98 Å². The summed E-state index contributed by atoms with van der Waals surface area (Å²) in [6, 6.07) is 12.7. The molecule has 0 radical (unpaired) electrons. The number of halogens is 1. The number of nitriles is 1. The maximum atomic E-state index is 8.75. The van der Waals surface area contributed by atoms with Crippen molar-refractivity contribution in [3.8, 4) is 6.07 Å². The summed E-state index contributed by atoms with van der Waals surface area (Å²) in [7, 11) is 0. The number of benzene rings is 1. The van der Waals surface area contributed by atoms with E-state index in [4.69, 9.17) is 16.9 Å². The Morgan fingerprint density at radius 2 is 2.12 bits per heavy atom. The summed E-state index contributed by atoms with van der Waals surface area (Å²) in [5.74, 6) is 0.626. The Balaban J connectivity index is 2.24. The smallest absolute Gasteiger partial charge is 0.131 e. The molecule has 4 heteroatoms. The van der Waals surface area contributed by atoms with Gasteiger partial charge in [-0.1, -0.05) is 17.7 Å². The predicted octanol–water partition coefficient (Wildman–Crippen LogP) is 3.35. The molecule has 0 atom stereocenters. The van der Waals surface area contributed by atoms with Gasteiger partial charge >= 0.3 is 0 Å². The van der Waals surface area contributed by atoms with Crippen LogP contribution in [0.4, 0.5) is 11.5 Å². The molecule has 2 rings (SSSR count). The second-order valence-electron chi connectivity index (χ2n) is 3.18. The van der Waals surface area contributed by atoms with Crippen molar-refractivity contribution in [1.29, 1.82) is 5.26 Å². The van der Waals surface area contributed by atoms with Gasteiger partial charge in [0, 0.05) is 16.9 Å². The molecule has 0 aliphatic rings. The molecule has 0 fully saturated rings. The number of aromatic nitrogens is 1. The summed E-state index contributed by atoms with van der Waals surface area (Å²) in [5, 5.41) is 12.5. The standard InChI is InChI=1S/C12H8ClN3/c13-10-2-1-3-11(7-10)16-12-6-9(8-14)4-5-15-12/h1-7H,(H,15,16). The summed E-state index contributed by atoms with van der Waals surface area (Å²) < 4.78 is 0. The number of rotatable bonds is 2. The minimum Gasteiger partial charge on any atom is -0.340 e. The van der Waals surface area contributed by atoms with Crippen LogP contribution in [0.3, 0.4) is 0 Å². The quantitative estimate of drug-likeness (QED) is 0.859. The molecule has 0 spiro atoms. The van der Waals surface area contributed by atoms with E-state index in [1.54, 1.807) is 30.5 Å². The SMILES string of the molecule is N#Cc1ccnc(Nc2cccc(Cl)c2)c1. The van der Waals surface area contributed by atoms with E-state index in [-0.39, 0.29) is 0 Å². The van der Waals surface area contributed by atoms with E-state index in [1.165, 1.54) is 0 Å². The van der Waals surface area contributed by atoms with Gasteiger partial charge in [-0.05, 0) is 30.3 Å². The number of pyridine rings is 1. The Morgan fingerprint density at radius 3 is 2.88 bits per heavy atom. The van der Waals surface area contributed by atoms with Gasteiger partial charge in [0.1, 0.15) is 5.82 Å². The van der Waals surface area contributed by atoms with Crippen LogP contribution in [0.2, 0.25) is 5.02 Å². The fraction of sp³-hybridized carbons (Fsp3) is 0. The molecule has 1 aromatic carbocycles. The largest absolute Gasteiger partial charge is 0.340 e. The summed E-state index contributed by atoms with van der Waals surface area (Å²) >= 11 is 5.86. The summed E-state index contributed by atoms with van der Waals surface area (Å²) in [5.41, 5.74) is 1.41. The molecule has 0 aliphatic heterocycles. The van der Waals surface area contributed by atoms with Crippen molar-refractivity contribution < 1.29 is 0 Å². The third-order valence-corrected chi connectivity index (χ3v) is 2.22. The lowest BCUT2D eigenvalue weighted by molar-refractivity contribution is 1.29. The molecule has 1 heterocycles. The van der Waals surface area contributed by atoms with Crippen LogP contribution in [0.1, 0.15) is 5.56 Å². The molecule has 2 aromatic rings. The van der Waals surface area contributed by atoms with Gasteiger partial charge in [0.25, 0.3) is 0 Å². The summed E-state index contributed by atoms with van der Waals surface area (Å²) in [6.45, 7) is 0. The van der Waals surface area contributed by atoms with Gasteiger partial charge in [-0.15, -0.1) is 0 Å².